The van der Waals surface area contributed by atoms with Crippen LogP contribution in [0.1, 0.15) is 20.7 Å². The number of cyclic esters (lactones) is 2. The molecule has 1 aliphatic rings. The molecule has 10 nitrogen and oxygen atoms in total. The molecule has 1 heterocycles. The lowest BCUT2D eigenvalue weighted by molar-refractivity contribution is -0.0163. The maximum Gasteiger partial charge on any atom is 0.341 e. The molecule has 0 saturated carbocycles. The summed E-state index contributed by atoms with van der Waals surface area (Å²) in [7, 11) is 0. The summed E-state index contributed by atoms with van der Waals surface area (Å²) in [5, 5.41) is 49.1. The number of nitrogen functional groups attached to an aromatic ring is 1. The molecule has 0 bridgehead atoms. The molecule has 0 fully saturated rings. The van der Waals surface area contributed by atoms with Gasteiger partial charge in [0, 0.05) is 11.1 Å². The topological polar surface area (TPSA) is 180 Å². The fourth-order valence-corrected chi connectivity index (χ4v) is 2.46. The molecule has 130 valence electrons. The van der Waals surface area contributed by atoms with Crippen molar-refractivity contribution in [2.24, 2.45) is 0 Å². The largest absolute Gasteiger partial charge is 0.504 e. The summed E-state index contributed by atoms with van der Waals surface area (Å²) in [4.78, 5) is 24.3. The number of hydrogen-bond donors (Lipinski definition) is 6. The number of phenolic OH excluding ortho intramolecular Hbond substituents is 5. The lowest BCUT2D eigenvalue weighted by Gasteiger charge is -2.17. The maximum absolute atomic E-state index is 12.2. The first kappa shape index (κ1) is 16.1. The third-order valence-corrected chi connectivity index (χ3v) is 3.64. The standard InChI is InChI=1S/C15H11NO9/c16-10-8-4(1-6(17)11(10)19)14(22)24-3-25-15(23)5-2-7(18)12(20)13(21)9(5)8/h1-2,17-21H,3,16H2. The van der Waals surface area contributed by atoms with E-state index in [0.29, 0.717) is 0 Å². The van der Waals surface area contributed by atoms with Crippen molar-refractivity contribution in [3.63, 3.8) is 0 Å². The Balaban J connectivity index is 2.53. The SMILES string of the molecule is Nc1c(O)c(O)cc2c1-c1c(cc(O)c(O)c1O)C(=O)OCOC2=O. The average molecular weight is 349 g/mol. The van der Waals surface area contributed by atoms with Gasteiger partial charge in [0.05, 0.1) is 16.8 Å². The third-order valence-electron chi connectivity index (χ3n) is 3.64. The molecule has 0 spiro atoms. The van der Waals surface area contributed by atoms with Crippen LogP contribution in [0.25, 0.3) is 11.1 Å². The molecule has 0 unspecified atom stereocenters. The second-order valence-corrected chi connectivity index (χ2v) is 5.08. The Kier molecular flexibility index (Phi) is 3.45. The Morgan fingerprint density at radius 2 is 1.24 bits per heavy atom. The number of nitrogens with two attached hydrogens (primary N) is 1. The van der Waals surface area contributed by atoms with Crippen LogP contribution < -0.4 is 5.73 Å². The van der Waals surface area contributed by atoms with Crippen LogP contribution in [0, 0.1) is 0 Å². The van der Waals surface area contributed by atoms with Gasteiger partial charge in [-0.2, -0.15) is 0 Å². The lowest BCUT2D eigenvalue weighted by Crippen LogP contribution is -2.11. The number of carbonyl (C=O) groups excluding carboxylic acids is 2. The van der Waals surface area contributed by atoms with Crippen LogP contribution in [0.4, 0.5) is 5.69 Å². The van der Waals surface area contributed by atoms with E-state index in [4.69, 9.17) is 10.5 Å². The normalized spacial score (nSPS) is 13.6. The Bertz CT molecular complexity index is 860. The number of phenols is 5. The number of hydrogen-bond acceptors (Lipinski definition) is 10. The average Bonchev–Trinajstić information content (AvgIpc) is 2.61. The zero-order valence-electron chi connectivity index (χ0n) is 12.3. The van der Waals surface area contributed by atoms with Gasteiger partial charge in [-0.05, 0) is 12.1 Å². The molecule has 7 N–H and O–H groups in total. The highest BCUT2D eigenvalue weighted by Crippen LogP contribution is 2.51. The molecule has 2 aromatic rings. The Morgan fingerprint density at radius 3 is 1.80 bits per heavy atom. The first-order valence-corrected chi connectivity index (χ1v) is 6.71. The van der Waals surface area contributed by atoms with Gasteiger partial charge in [-0.3, -0.25) is 0 Å². The molecule has 0 saturated heterocycles. The van der Waals surface area contributed by atoms with Gasteiger partial charge in [0.2, 0.25) is 12.5 Å². The van der Waals surface area contributed by atoms with E-state index in [2.05, 4.69) is 4.74 Å². The number of aromatic hydroxyl groups is 5. The molecule has 0 atom stereocenters. The molecule has 25 heavy (non-hydrogen) atoms. The van der Waals surface area contributed by atoms with Crippen molar-refractivity contribution in [1.82, 2.24) is 0 Å². The van der Waals surface area contributed by atoms with E-state index in [9.17, 15) is 35.1 Å². The summed E-state index contributed by atoms with van der Waals surface area (Å²) < 4.78 is 9.39. The van der Waals surface area contributed by atoms with Gasteiger partial charge in [-0.25, -0.2) is 9.59 Å². The Morgan fingerprint density at radius 1 is 0.760 bits per heavy atom. The van der Waals surface area contributed by atoms with Crippen molar-refractivity contribution in [2.75, 3.05) is 12.5 Å². The van der Waals surface area contributed by atoms with Gasteiger partial charge in [-0.15, -0.1) is 0 Å². The van der Waals surface area contributed by atoms with Crippen molar-refractivity contribution < 1.29 is 44.6 Å². The van der Waals surface area contributed by atoms with Crippen LogP contribution in [-0.2, 0) is 9.47 Å². The quantitative estimate of drug-likeness (QED) is 0.226. The van der Waals surface area contributed by atoms with E-state index in [0.717, 1.165) is 12.1 Å². The van der Waals surface area contributed by atoms with E-state index in [1.165, 1.54) is 0 Å². The molecular formula is C15H11NO9. The predicted octanol–water partition coefficient (Wildman–Crippen LogP) is 0.748. The molecular weight excluding hydrogens is 338 g/mol. The van der Waals surface area contributed by atoms with Crippen molar-refractivity contribution in [3.05, 3.63) is 23.3 Å². The Hall–Kier alpha value is -3.82. The number of ether oxygens (including phenoxy) is 2. The van der Waals surface area contributed by atoms with Crippen LogP contribution in [0.15, 0.2) is 12.1 Å². The highest BCUT2D eigenvalue weighted by Gasteiger charge is 2.32. The summed E-state index contributed by atoms with van der Waals surface area (Å²) in [5.41, 5.74) is 3.43. The number of esters is 2. The lowest BCUT2D eigenvalue weighted by atomic mass is 9.91. The molecule has 0 amide bonds. The molecule has 3 rings (SSSR count). The van der Waals surface area contributed by atoms with Crippen molar-refractivity contribution in [2.45, 2.75) is 0 Å². The number of carbonyl (C=O) groups is 2. The summed E-state index contributed by atoms with van der Waals surface area (Å²) in [6.07, 6.45) is 0. The molecule has 0 aliphatic carbocycles. The maximum atomic E-state index is 12.2. The zero-order chi connectivity index (χ0) is 18.5. The van der Waals surface area contributed by atoms with E-state index in [1.807, 2.05) is 0 Å². The molecule has 1 aliphatic heterocycles. The van der Waals surface area contributed by atoms with Crippen LogP contribution in [0.3, 0.4) is 0 Å². The van der Waals surface area contributed by atoms with E-state index in [1.54, 1.807) is 0 Å². The van der Waals surface area contributed by atoms with Gasteiger partial charge in [0.25, 0.3) is 0 Å². The minimum Gasteiger partial charge on any atom is -0.504 e. The predicted molar refractivity (Wildman–Crippen MR) is 80.3 cm³/mol. The van der Waals surface area contributed by atoms with Crippen molar-refractivity contribution in [1.29, 1.82) is 0 Å². The molecule has 0 aromatic heterocycles. The smallest absolute Gasteiger partial charge is 0.341 e. The second-order valence-electron chi connectivity index (χ2n) is 5.08. The van der Waals surface area contributed by atoms with Gasteiger partial charge >= 0.3 is 11.9 Å². The number of rotatable bonds is 0. The van der Waals surface area contributed by atoms with E-state index in [-0.39, 0.29) is 5.56 Å². The fourth-order valence-electron chi connectivity index (χ4n) is 2.46. The van der Waals surface area contributed by atoms with Gasteiger partial charge in [-0.1, -0.05) is 0 Å². The molecule has 0 radical (unpaired) electrons. The number of anilines is 1. The summed E-state index contributed by atoms with van der Waals surface area (Å²) >= 11 is 0. The first-order valence-electron chi connectivity index (χ1n) is 6.71. The van der Waals surface area contributed by atoms with Crippen LogP contribution in [0.5, 0.6) is 28.7 Å². The van der Waals surface area contributed by atoms with Gasteiger partial charge in [0.1, 0.15) is 0 Å². The summed E-state index contributed by atoms with van der Waals surface area (Å²) in [6, 6.07) is 1.60. The highest BCUT2D eigenvalue weighted by molar-refractivity contribution is 6.10. The fraction of sp³-hybridized carbons (Fsp3) is 0.0667. The van der Waals surface area contributed by atoms with E-state index < -0.39 is 69.9 Å². The third kappa shape index (κ3) is 2.27. The second kappa shape index (κ2) is 5.37. The van der Waals surface area contributed by atoms with Crippen LogP contribution in [0.2, 0.25) is 0 Å². The van der Waals surface area contributed by atoms with Crippen LogP contribution in [-0.4, -0.2) is 44.3 Å². The minimum atomic E-state index is -1.10. The summed E-state index contributed by atoms with van der Waals surface area (Å²) in [5.74, 6) is -6.56. The van der Waals surface area contributed by atoms with Crippen molar-refractivity contribution >= 4 is 17.6 Å². The van der Waals surface area contributed by atoms with Crippen LogP contribution >= 0.6 is 0 Å². The monoisotopic (exact) mass is 349 g/mol. The number of benzene rings is 2. The zero-order valence-corrected chi connectivity index (χ0v) is 12.3. The minimum absolute atomic E-state index is 0.387. The first-order chi connectivity index (χ1) is 11.7. The van der Waals surface area contributed by atoms with Gasteiger partial charge < -0.3 is 40.7 Å². The molecule has 10 heteroatoms. The Labute approximate surface area is 138 Å². The highest BCUT2D eigenvalue weighted by atomic mass is 16.7. The molecule has 2 aromatic carbocycles. The van der Waals surface area contributed by atoms with Gasteiger partial charge in [0.15, 0.2) is 23.0 Å². The summed E-state index contributed by atoms with van der Waals surface area (Å²) in [6.45, 7) is -0.791. The van der Waals surface area contributed by atoms with Crippen molar-refractivity contribution in [3.8, 4) is 39.9 Å². The van der Waals surface area contributed by atoms with E-state index >= 15 is 0 Å². The number of fused-ring (bicyclic) bond motifs is 3.